The Balaban J connectivity index is 3.20. The van der Waals surface area contributed by atoms with E-state index in [4.69, 9.17) is 10.8 Å². The molecule has 1 rings (SSSR count). The third-order valence-corrected chi connectivity index (χ3v) is 1.45. The number of nitrogen functional groups attached to an aromatic ring is 1. The minimum Gasteiger partial charge on any atom is -0.476 e. The Kier molecular flexibility index (Phi) is 2.33. The molecule has 0 bridgehead atoms. The number of aromatic nitrogens is 1. The van der Waals surface area contributed by atoms with Crippen molar-refractivity contribution in [3.05, 3.63) is 23.5 Å². The van der Waals surface area contributed by atoms with Crippen molar-refractivity contribution in [2.75, 3.05) is 5.73 Å². The maximum Gasteiger partial charge on any atom is 0.417 e. The van der Waals surface area contributed by atoms with Gasteiger partial charge in [-0.15, -0.1) is 0 Å². The minimum absolute atomic E-state index is 0.430. The number of anilines is 1. The van der Waals surface area contributed by atoms with E-state index in [2.05, 4.69) is 4.98 Å². The summed E-state index contributed by atoms with van der Waals surface area (Å²) in [6.45, 7) is 0. The number of rotatable bonds is 1. The van der Waals surface area contributed by atoms with Gasteiger partial charge in [-0.05, 0) is 6.07 Å². The van der Waals surface area contributed by atoms with Gasteiger partial charge in [-0.2, -0.15) is 13.2 Å². The van der Waals surface area contributed by atoms with Gasteiger partial charge in [0.15, 0.2) is 5.69 Å². The smallest absolute Gasteiger partial charge is 0.417 e. The quantitative estimate of drug-likeness (QED) is 0.727. The van der Waals surface area contributed by atoms with Crippen LogP contribution >= 0.6 is 0 Å². The Morgan fingerprint density at radius 2 is 2.07 bits per heavy atom. The van der Waals surface area contributed by atoms with Gasteiger partial charge in [-0.1, -0.05) is 0 Å². The Bertz CT molecular complexity index is 376. The van der Waals surface area contributed by atoms with Gasteiger partial charge < -0.3 is 10.8 Å². The molecule has 1 aromatic heterocycles. The number of carboxylic acids is 1. The van der Waals surface area contributed by atoms with Crippen molar-refractivity contribution in [1.82, 2.24) is 4.98 Å². The summed E-state index contributed by atoms with van der Waals surface area (Å²) < 4.78 is 36.2. The number of halogens is 3. The number of nitrogens with zero attached hydrogens (tertiary/aromatic N) is 1. The summed E-state index contributed by atoms with van der Waals surface area (Å²) in [7, 11) is 0. The van der Waals surface area contributed by atoms with Crippen molar-refractivity contribution in [1.29, 1.82) is 0 Å². The fourth-order valence-corrected chi connectivity index (χ4v) is 0.816. The number of hydrogen-bond acceptors (Lipinski definition) is 3. The number of aromatic carboxylic acids is 1. The first kappa shape index (κ1) is 10.3. The van der Waals surface area contributed by atoms with Crippen molar-refractivity contribution in [3.8, 4) is 0 Å². The van der Waals surface area contributed by atoms with Crippen LogP contribution < -0.4 is 5.73 Å². The number of nitrogens with two attached hydrogens (primary N) is 1. The lowest BCUT2D eigenvalue weighted by atomic mass is 10.2. The number of carbonyl (C=O) groups is 1. The molecular weight excluding hydrogens is 201 g/mol. The van der Waals surface area contributed by atoms with Crippen molar-refractivity contribution >= 4 is 11.7 Å². The van der Waals surface area contributed by atoms with Crippen LogP contribution in [0, 0.1) is 0 Å². The highest BCUT2D eigenvalue weighted by molar-refractivity contribution is 5.91. The number of alkyl halides is 3. The van der Waals surface area contributed by atoms with Gasteiger partial charge in [0.05, 0.1) is 11.3 Å². The molecule has 3 N–H and O–H groups in total. The zero-order chi connectivity index (χ0) is 10.9. The molecule has 76 valence electrons. The molecule has 1 aromatic rings. The summed E-state index contributed by atoms with van der Waals surface area (Å²) in [6, 6.07) is 0.538. The molecule has 14 heavy (non-hydrogen) atoms. The topological polar surface area (TPSA) is 76.2 Å². The summed E-state index contributed by atoms with van der Waals surface area (Å²) in [5.74, 6) is -1.46. The Morgan fingerprint density at radius 1 is 1.50 bits per heavy atom. The molecule has 0 saturated carbocycles. The van der Waals surface area contributed by atoms with E-state index in [9.17, 15) is 18.0 Å². The fourth-order valence-electron chi connectivity index (χ4n) is 0.816. The lowest BCUT2D eigenvalue weighted by molar-refractivity contribution is -0.137. The van der Waals surface area contributed by atoms with Gasteiger partial charge in [-0.25, -0.2) is 9.78 Å². The van der Waals surface area contributed by atoms with E-state index in [-0.39, 0.29) is 0 Å². The normalized spacial score (nSPS) is 11.4. The van der Waals surface area contributed by atoms with Gasteiger partial charge in [0.1, 0.15) is 0 Å². The number of hydrogen-bond donors (Lipinski definition) is 2. The predicted molar refractivity (Wildman–Crippen MR) is 40.6 cm³/mol. The van der Waals surface area contributed by atoms with Crippen LogP contribution in [0.5, 0.6) is 0 Å². The second-order valence-corrected chi connectivity index (χ2v) is 2.46. The molecule has 0 aliphatic rings. The van der Waals surface area contributed by atoms with E-state index in [1.807, 2.05) is 0 Å². The molecule has 0 aliphatic heterocycles. The largest absolute Gasteiger partial charge is 0.476 e. The number of pyridine rings is 1. The standard InChI is InChI=1S/C7H5F3N2O2/c8-7(9,10)3-1-4(11)5(6(13)14)12-2-3/h1-2H,11H2,(H,13,14). The van der Waals surface area contributed by atoms with Crippen LogP contribution in [0.2, 0.25) is 0 Å². The van der Waals surface area contributed by atoms with Crippen LogP contribution in [-0.2, 0) is 6.18 Å². The lowest BCUT2D eigenvalue weighted by Gasteiger charge is -2.07. The molecular formula is C7H5F3N2O2. The van der Waals surface area contributed by atoms with E-state index >= 15 is 0 Å². The van der Waals surface area contributed by atoms with Crippen LogP contribution in [0.1, 0.15) is 16.1 Å². The first-order valence-electron chi connectivity index (χ1n) is 3.38. The van der Waals surface area contributed by atoms with Crippen molar-refractivity contribution in [3.63, 3.8) is 0 Å². The molecule has 4 nitrogen and oxygen atoms in total. The van der Waals surface area contributed by atoms with Gasteiger partial charge in [-0.3, -0.25) is 0 Å². The van der Waals surface area contributed by atoms with E-state index in [0.717, 1.165) is 0 Å². The molecule has 0 saturated heterocycles. The van der Waals surface area contributed by atoms with Crippen molar-refractivity contribution in [2.24, 2.45) is 0 Å². The number of carboxylic acid groups (broad SMARTS) is 1. The average molecular weight is 206 g/mol. The van der Waals surface area contributed by atoms with E-state index < -0.39 is 29.1 Å². The molecule has 0 amide bonds. The SMILES string of the molecule is Nc1cc(C(F)(F)F)cnc1C(=O)O. The van der Waals surface area contributed by atoms with Gasteiger partial charge >= 0.3 is 12.1 Å². The van der Waals surface area contributed by atoms with Crippen molar-refractivity contribution < 1.29 is 23.1 Å². The minimum atomic E-state index is -4.57. The van der Waals surface area contributed by atoms with Crippen molar-refractivity contribution in [2.45, 2.75) is 6.18 Å². The molecule has 1 heterocycles. The molecule has 0 aliphatic carbocycles. The lowest BCUT2D eigenvalue weighted by Crippen LogP contribution is -2.11. The second kappa shape index (κ2) is 3.17. The maximum absolute atomic E-state index is 12.1. The highest BCUT2D eigenvalue weighted by atomic mass is 19.4. The van der Waals surface area contributed by atoms with Crippen LogP contribution in [0.15, 0.2) is 12.3 Å². The second-order valence-electron chi connectivity index (χ2n) is 2.46. The third-order valence-electron chi connectivity index (χ3n) is 1.45. The molecule has 0 radical (unpaired) electrons. The summed E-state index contributed by atoms with van der Waals surface area (Å²) in [6.07, 6.45) is -4.14. The molecule has 0 fully saturated rings. The van der Waals surface area contributed by atoms with Crippen LogP contribution in [0.3, 0.4) is 0 Å². The third kappa shape index (κ3) is 1.93. The zero-order valence-corrected chi connectivity index (χ0v) is 6.67. The average Bonchev–Trinajstić information content (AvgIpc) is 2.01. The summed E-state index contributed by atoms with van der Waals surface area (Å²) in [5.41, 5.74) is 2.91. The fraction of sp³-hybridized carbons (Fsp3) is 0.143. The van der Waals surface area contributed by atoms with E-state index in [0.29, 0.717) is 12.3 Å². The summed E-state index contributed by atoms with van der Waals surface area (Å²) in [5, 5.41) is 8.44. The first-order chi connectivity index (χ1) is 6.32. The summed E-state index contributed by atoms with van der Waals surface area (Å²) in [4.78, 5) is 13.5. The Morgan fingerprint density at radius 3 is 2.43 bits per heavy atom. The maximum atomic E-state index is 12.1. The van der Waals surface area contributed by atoms with E-state index in [1.54, 1.807) is 0 Å². The monoisotopic (exact) mass is 206 g/mol. The van der Waals surface area contributed by atoms with Gasteiger partial charge in [0.25, 0.3) is 0 Å². The van der Waals surface area contributed by atoms with Crippen LogP contribution in [0.4, 0.5) is 18.9 Å². The molecule has 0 unspecified atom stereocenters. The van der Waals surface area contributed by atoms with Crippen LogP contribution in [0.25, 0.3) is 0 Å². The Labute approximate surface area is 76.2 Å². The summed E-state index contributed by atoms with van der Waals surface area (Å²) >= 11 is 0. The first-order valence-corrected chi connectivity index (χ1v) is 3.38. The highest BCUT2D eigenvalue weighted by Gasteiger charge is 2.31. The van der Waals surface area contributed by atoms with E-state index in [1.165, 1.54) is 0 Å². The Hall–Kier alpha value is -1.79. The zero-order valence-electron chi connectivity index (χ0n) is 6.67. The van der Waals surface area contributed by atoms with Gasteiger partial charge in [0.2, 0.25) is 0 Å². The highest BCUT2D eigenvalue weighted by Crippen LogP contribution is 2.30. The molecule has 0 atom stereocenters. The molecule has 0 spiro atoms. The van der Waals surface area contributed by atoms with Crippen LogP contribution in [-0.4, -0.2) is 16.1 Å². The molecule has 0 aromatic carbocycles. The van der Waals surface area contributed by atoms with Gasteiger partial charge in [0, 0.05) is 6.20 Å². The molecule has 7 heteroatoms. The predicted octanol–water partition coefficient (Wildman–Crippen LogP) is 1.38.